The number of carbonyl (C=O) groups is 2. The summed E-state index contributed by atoms with van der Waals surface area (Å²) in [5.41, 5.74) is 0.0336. The van der Waals surface area contributed by atoms with Gasteiger partial charge in [-0.05, 0) is 36.4 Å². The van der Waals surface area contributed by atoms with Crippen LogP contribution in [0.15, 0.2) is 48.5 Å². The van der Waals surface area contributed by atoms with Gasteiger partial charge in [-0.25, -0.2) is 4.79 Å². The summed E-state index contributed by atoms with van der Waals surface area (Å²) in [6.45, 7) is -4.04. The van der Waals surface area contributed by atoms with Crippen LogP contribution >= 0.6 is 11.6 Å². The Morgan fingerprint density at radius 2 is 1.73 bits per heavy atom. The molecule has 2 rings (SSSR count). The molecule has 0 atom stereocenters. The summed E-state index contributed by atoms with van der Waals surface area (Å²) >= 11 is 5.72. The molecule has 9 heteroatoms. The first-order chi connectivity index (χ1) is 12.4. The van der Waals surface area contributed by atoms with Gasteiger partial charge in [-0.15, -0.1) is 0 Å². The number of hydrogen-bond acceptors (Lipinski definition) is 5. The van der Waals surface area contributed by atoms with Crippen molar-refractivity contribution in [3.63, 3.8) is 0 Å². The van der Waals surface area contributed by atoms with Gasteiger partial charge in [-0.3, -0.25) is 4.79 Å². The van der Waals surface area contributed by atoms with E-state index < -0.39 is 31.7 Å². The second kappa shape index (κ2) is 9.57. The predicted molar refractivity (Wildman–Crippen MR) is 89.6 cm³/mol. The van der Waals surface area contributed by atoms with Crippen LogP contribution in [0, 0.1) is 0 Å². The topological polar surface area (TPSA) is 73.9 Å². The molecule has 0 aliphatic heterocycles. The Bertz CT molecular complexity index is 755. The van der Waals surface area contributed by atoms with Crippen molar-refractivity contribution in [2.24, 2.45) is 0 Å². The molecule has 1 N–H and O–H groups in total. The largest absolute Gasteiger partial charge is 0.482 e. The standard InChI is InChI=1S/C17H14ClF2NO5/c18-11-5-7-12(8-6-11)24-10-16(23)25-9-15(22)21-13-3-1-2-4-14(13)26-17(19)20/h1-8,17H,9-10H2,(H,21,22). The summed E-state index contributed by atoms with van der Waals surface area (Å²) in [5, 5.41) is 2.84. The third-order valence-electron chi connectivity index (χ3n) is 2.91. The molecule has 1 amide bonds. The molecule has 0 heterocycles. The van der Waals surface area contributed by atoms with Crippen molar-refractivity contribution in [3.8, 4) is 11.5 Å². The van der Waals surface area contributed by atoms with Gasteiger partial charge in [-0.2, -0.15) is 8.78 Å². The Hall–Kier alpha value is -2.87. The van der Waals surface area contributed by atoms with Gasteiger partial charge in [0, 0.05) is 5.02 Å². The molecule has 0 saturated carbocycles. The van der Waals surface area contributed by atoms with E-state index in [-0.39, 0.29) is 11.4 Å². The summed E-state index contributed by atoms with van der Waals surface area (Å²) < 4.78 is 38.8. The molecule has 0 aliphatic rings. The lowest BCUT2D eigenvalue weighted by Gasteiger charge is -2.12. The number of amides is 1. The van der Waals surface area contributed by atoms with E-state index >= 15 is 0 Å². The van der Waals surface area contributed by atoms with Crippen LogP contribution in [0.25, 0.3) is 0 Å². The lowest BCUT2D eigenvalue weighted by atomic mass is 10.3. The summed E-state index contributed by atoms with van der Waals surface area (Å²) in [7, 11) is 0. The summed E-state index contributed by atoms with van der Waals surface area (Å²) in [4.78, 5) is 23.4. The maximum Gasteiger partial charge on any atom is 0.387 e. The molecule has 0 spiro atoms. The Morgan fingerprint density at radius 1 is 1.04 bits per heavy atom. The number of carbonyl (C=O) groups excluding carboxylic acids is 2. The number of benzene rings is 2. The van der Waals surface area contributed by atoms with Crippen LogP contribution in [0.1, 0.15) is 0 Å². The van der Waals surface area contributed by atoms with Gasteiger partial charge in [0.05, 0.1) is 5.69 Å². The van der Waals surface area contributed by atoms with Gasteiger partial charge >= 0.3 is 12.6 Å². The van der Waals surface area contributed by atoms with E-state index in [0.717, 1.165) is 0 Å². The normalized spacial score (nSPS) is 10.3. The molecule has 0 saturated heterocycles. The van der Waals surface area contributed by atoms with Crippen molar-refractivity contribution < 1.29 is 32.6 Å². The second-order valence-corrected chi connectivity index (χ2v) is 5.26. The monoisotopic (exact) mass is 385 g/mol. The molecule has 0 aromatic heterocycles. The number of rotatable bonds is 8. The first kappa shape index (κ1) is 19.5. The van der Waals surface area contributed by atoms with E-state index in [1.807, 2.05) is 0 Å². The average molecular weight is 386 g/mol. The van der Waals surface area contributed by atoms with Crippen LogP contribution in [0.2, 0.25) is 5.02 Å². The molecule has 0 aliphatic carbocycles. The maximum atomic E-state index is 12.3. The minimum absolute atomic E-state index is 0.0336. The van der Waals surface area contributed by atoms with E-state index in [1.165, 1.54) is 24.3 Å². The highest BCUT2D eigenvalue weighted by molar-refractivity contribution is 6.30. The number of halogens is 3. The molecule has 6 nitrogen and oxygen atoms in total. The van der Waals surface area contributed by atoms with Gasteiger partial charge < -0.3 is 19.5 Å². The Labute approximate surface area is 152 Å². The van der Waals surface area contributed by atoms with Crippen molar-refractivity contribution in [1.82, 2.24) is 0 Å². The number of hydrogen-bond donors (Lipinski definition) is 1. The highest BCUT2D eigenvalue weighted by Crippen LogP contribution is 2.25. The number of anilines is 1. The smallest absolute Gasteiger partial charge is 0.387 e. The highest BCUT2D eigenvalue weighted by Gasteiger charge is 2.13. The van der Waals surface area contributed by atoms with Crippen molar-refractivity contribution in [2.75, 3.05) is 18.5 Å². The molecule has 26 heavy (non-hydrogen) atoms. The van der Waals surface area contributed by atoms with Crippen LogP contribution in [0.4, 0.5) is 14.5 Å². The van der Waals surface area contributed by atoms with Crippen molar-refractivity contribution in [3.05, 3.63) is 53.6 Å². The van der Waals surface area contributed by atoms with Crippen LogP contribution in [0.5, 0.6) is 11.5 Å². The predicted octanol–water partition coefficient (Wildman–Crippen LogP) is 3.50. The first-order valence-corrected chi connectivity index (χ1v) is 7.69. The van der Waals surface area contributed by atoms with Gasteiger partial charge in [0.15, 0.2) is 13.2 Å². The van der Waals surface area contributed by atoms with Gasteiger partial charge in [0.1, 0.15) is 11.5 Å². The summed E-state index contributed by atoms with van der Waals surface area (Å²) in [6, 6.07) is 12.0. The fourth-order valence-electron chi connectivity index (χ4n) is 1.82. The first-order valence-electron chi connectivity index (χ1n) is 7.31. The van der Waals surface area contributed by atoms with Gasteiger partial charge in [-0.1, -0.05) is 23.7 Å². The minimum atomic E-state index is -3.03. The molecule has 0 radical (unpaired) electrons. The van der Waals surface area contributed by atoms with Crippen molar-refractivity contribution in [1.29, 1.82) is 0 Å². The van der Waals surface area contributed by atoms with Gasteiger partial charge in [0.25, 0.3) is 5.91 Å². The Morgan fingerprint density at radius 3 is 2.42 bits per heavy atom. The van der Waals surface area contributed by atoms with Crippen LogP contribution in [0.3, 0.4) is 0 Å². The summed E-state index contributed by atoms with van der Waals surface area (Å²) in [6.07, 6.45) is 0. The SMILES string of the molecule is O=C(COC(=O)COc1ccc(Cl)cc1)Nc1ccccc1OC(F)F. The van der Waals surface area contributed by atoms with E-state index in [4.69, 9.17) is 21.1 Å². The van der Waals surface area contributed by atoms with Crippen molar-refractivity contribution in [2.45, 2.75) is 6.61 Å². The van der Waals surface area contributed by atoms with E-state index in [9.17, 15) is 18.4 Å². The fraction of sp³-hybridized carbons (Fsp3) is 0.176. The third kappa shape index (κ3) is 6.56. The quantitative estimate of drug-likeness (QED) is 0.704. The zero-order valence-electron chi connectivity index (χ0n) is 13.3. The molecule has 2 aromatic carbocycles. The van der Waals surface area contributed by atoms with E-state index in [0.29, 0.717) is 10.8 Å². The van der Waals surface area contributed by atoms with E-state index in [1.54, 1.807) is 24.3 Å². The number of esters is 1. The molecule has 2 aromatic rings. The molecular formula is C17H14ClF2NO5. The molecule has 0 fully saturated rings. The minimum Gasteiger partial charge on any atom is -0.482 e. The Balaban J connectivity index is 1.78. The molecule has 138 valence electrons. The zero-order valence-corrected chi connectivity index (χ0v) is 14.0. The molecule has 0 unspecified atom stereocenters. The van der Waals surface area contributed by atoms with Crippen LogP contribution in [-0.2, 0) is 14.3 Å². The lowest BCUT2D eigenvalue weighted by Crippen LogP contribution is -2.24. The van der Waals surface area contributed by atoms with E-state index in [2.05, 4.69) is 10.1 Å². The number of para-hydroxylation sites is 2. The highest BCUT2D eigenvalue weighted by atomic mass is 35.5. The summed E-state index contributed by atoms with van der Waals surface area (Å²) in [5.74, 6) is -1.27. The van der Waals surface area contributed by atoms with Crippen LogP contribution < -0.4 is 14.8 Å². The second-order valence-electron chi connectivity index (χ2n) is 4.83. The number of alkyl halides is 2. The maximum absolute atomic E-state index is 12.3. The Kier molecular flexibility index (Phi) is 7.16. The number of ether oxygens (including phenoxy) is 3. The fourth-order valence-corrected chi connectivity index (χ4v) is 1.94. The lowest BCUT2D eigenvalue weighted by molar-refractivity contribution is -0.149. The third-order valence-corrected chi connectivity index (χ3v) is 3.16. The number of nitrogens with one attached hydrogen (secondary N) is 1. The average Bonchev–Trinajstić information content (AvgIpc) is 2.61. The molecule has 0 bridgehead atoms. The molecular weight excluding hydrogens is 372 g/mol. The zero-order chi connectivity index (χ0) is 18.9. The van der Waals surface area contributed by atoms with Crippen LogP contribution in [-0.4, -0.2) is 31.7 Å². The van der Waals surface area contributed by atoms with Crippen molar-refractivity contribution >= 4 is 29.2 Å². The van der Waals surface area contributed by atoms with Gasteiger partial charge in [0.2, 0.25) is 0 Å².